The van der Waals surface area contributed by atoms with Gasteiger partial charge in [-0.05, 0) is 17.5 Å². The van der Waals surface area contributed by atoms with Crippen LogP contribution in [-0.4, -0.2) is 18.1 Å². The van der Waals surface area contributed by atoms with Gasteiger partial charge in [-0.1, -0.05) is 6.07 Å². The van der Waals surface area contributed by atoms with Gasteiger partial charge in [0.2, 0.25) is 0 Å². The van der Waals surface area contributed by atoms with E-state index in [4.69, 9.17) is 5.73 Å². The second kappa shape index (κ2) is 4.32. The SMILES string of the molecule is COC(=O)c1ncc(-c2cccs2)cc1N. The van der Waals surface area contributed by atoms with Crippen molar-refractivity contribution >= 4 is 23.0 Å². The fourth-order valence-corrected chi connectivity index (χ4v) is 2.04. The number of pyridine rings is 1. The van der Waals surface area contributed by atoms with Gasteiger partial charge in [0.05, 0.1) is 12.8 Å². The minimum atomic E-state index is -0.518. The Balaban J connectivity index is 2.41. The van der Waals surface area contributed by atoms with Crippen molar-refractivity contribution in [1.82, 2.24) is 4.98 Å². The monoisotopic (exact) mass is 234 g/mol. The summed E-state index contributed by atoms with van der Waals surface area (Å²) in [6.45, 7) is 0. The molecule has 0 aromatic carbocycles. The normalized spacial score (nSPS) is 10.1. The van der Waals surface area contributed by atoms with Crippen molar-refractivity contribution in [3.8, 4) is 10.4 Å². The number of nitrogen functional groups attached to an aromatic ring is 1. The lowest BCUT2D eigenvalue weighted by Crippen LogP contribution is -2.08. The number of methoxy groups -OCH3 is 1. The maximum absolute atomic E-state index is 11.3. The van der Waals surface area contributed by atoms with Gasteiger partial charge in [0.1, 0.15) is 0 Å². The van der Waals surface area contributed by atoms with E-state index in [0.29, 0.717) is 5.69 Å². The van der Waals surface area contributed by atoms with E-state index in [-0.39, 0.29) is 5.69 Å². The van der Waals surface area contributed by atoms with Crippen LogP contribution in [0.1, 0.15) is 10.5 Å². The number of thiophene rings is 1. The largest absolute Gasteiger partial charge is 0.464 e. The Morgan fingerprint density at radius 3 is 2.94 bits per heavy atom. The lowest BCUT2D eigenvalue weighted by atomic mass is 10.2. The van der Waals surface area contributed by atoms with Crippen molar-refractivity contribution in [1.29, 1.82) is 0 Å². The highest BCUT2D eigenvalue weighted by Crippen LogP contribution is 2.26. The quantitative estimate of drug-likeness (QED) is 0.809. The zero-order valence-electron chi connectivity index (χ0n) is 8.64. The molecular formula is C11H10N2O2S. The summed E-state index contributed by atoms with van der Waals surface area (Å²) < 4.78 is 4.57. The van der Waals surface area contributed by atoms with E-state index in [2.05, 4.69) is 9.72 Å². The van der Waals surface area contributed by atoms with Crippen molar-refractivity contribution in [2.24, 2.45) is 0 Å². The van der Waals surface area contributed by atoms with Gasteiger partial charge in [-0.25, -0.2) is 9.78 Å². The van der Waals surface area contributed by atoms with E-state index >= 15 is 0 Å². The van der Waals surface area contributed by atoms with Crippen LogP contribution >= 0.6 is 11.3 Å². The van der Waals surface area contributed by atoms with E-state index in [1.807, 2.05) is 17.5 Å². The van der Waals surface area contributed by atoms with Gasteiger partial charge in [0.25, 0.3) is 0 Å². The highest BCUT2D eigenvalue weighted by atomic mass is 32.1. The molecule has 0 aliphatic rings. The molecule has 2 N–H and O–H groups in total. The topological polar surface area (TPSA) is 65.2 Å². The predicted molar refractivity (Wildman–Crippen MR) is 63.3 cm³/mol. The van der Waals surface area contributed by atoms with E-state index < -0.39 is 5.97 Å². The molecule has 0 amide bonds. The van der Waals surface area contributed by atoms with Gasteiger partial charge in [-0.2, -0.15) is 0 Å². The van der Waals surface area contributed by atoms with Crippen LogP contribution in [0.4, 0.5) is 5.69 Å². The average molecular weight is 234 g/mol. The van der Waals surface area contributed by atoms with E-state index in [1.54, 1.807) is 23.6 Å². The Hall–Kier alpha value is -1.88. The van der Waals surface area contributed by atoms with Crippen LogP contribution in [0, 0.1) is 0 Å². The Labute approximate surface area is 96.7 Å². The number of aromatic nitrogens is 1. The van der Waals surface area contributed by atoms with Crippen molar-refractivity contribution in [2.45, 2.75) is 0 Å². The zero-order chi connectivity index (χ0) is 11.5. The molecule has 5 heteroatoms. The summed E-state index contributed by atoms with van der Waals surface area (Å²) in [5, 5.41) is 1.97. The summed E-state index contributed by atoms with van der Waals surface area (Å²) in [7, 11) is 1.30. The van der Waals surface area contributed by atoms with Crippen LogP contribution in [-0.2, 0) is 4.74 Å². The highest BCUT2D eigenvalue weighted by molar-refractivity contribution is 7.13. The van der Waals surface area contributed by atoms with Crippen LogP contribution in [0.2, 0.25) is 0 Å². The second-order valence-electron chi connectivity index (χ2n) is 3.13. The standard InChI is InChI=1S/C11H10N2O2S/c1-15-11(14)10-8(12)5-7(6-13-10)9-3-2-4-16-9/h2-6H,12H2,1H3. The third-order valence-corrected chi connectivity index (χ3v) is 3.02. The van der Waals surface area contributed by atoms with Gasteiger partial charge in [0.15, 0.2) is 5.69 Å². The first-order chi connectivity index (χ1) is 7.72. The number of carbonyl (C=O) groups is 1. The third-order valence-electron chi connectivity index (χ3n) is 2.10. The molecule has 0 atom stereocenters. The summed E-state index contributed by atoms with van der Waals surface area (Å²) in [6, 6.07) is 5.65. The van der Waals surface area contributed by atoms with Gasteiger partial charge in [-0.15, -0.1) is 11.3 Å². The maximum Gasteiger partial charge on any atom is 0.358 e. The predicted octanol–water partition coefficient (Wildman–Crippen LogP) is 2.18. The van der Waals surface area contributed by atoms with Gasteiger partial charge >= 0.3 is 5.97 Å². The summed E-state index contributed by atoms with van der Waals surface area (Å²) >= 11 is 1.59. The number of hydrogen-bond donors (Lipinski definition) is 1. The molecule has 2 heterocycles. The Kier molecular flexibility index (Phi) is 2.87. The average Bonchev–Trinajstić information content (AvgIpc) is 2.81. The lowest BCUT2D eigenvalue weighted by Gasteiger charge is -2.04. The molecule has 0 aliphatic heterocycles. The second-order valence-corrected chi connectivity index (χ2v) is 4.08. The van der Waals surface area contributed by atoms with E-state index in [1.165, 1.54) is 7.11 Å². The third kappa shape index (κ3) is 1.90. The number of ether oxygens (including phenoxy) is 1. The molecule has 0 radical (unpaired) electrons. The Morgan fingerprint density at radius 2 is 2.38 bits per heavy atom. The van der Waals surface area contributed by atoms with Crippen molar-refractivity contribution in [2.75, 3.05) is 12.8 Å². The van der Waals surface area contributed by atoms with Gasteiger partial charge in [-0.3, -0.25) is 0 Å². The molecule has 82 valence electrons. The van der Waals surface area contributed by atoms with Crippen molar-refractivity contribution in [3.63, 3.8) is 0 Å². The zero-order valence-corrected chi connectivity index (χ0v) is 9.45. The molecule has 0 bridgehead atoms. The van der Waals surface area contributed by atoms with Gasteiger partial charge in [0, 0.05) is 16.6 Å². The number of anilines is 1. The minimum absolute atomic E-state index is 0.155. The molecule has 0 aliphatic carbocycles. The first-order valence-corrected chi connectivity index (χ1v) is 5.48. The van der Waals surface area contributed by atoms with Crippen LogP contribution in [0.5, 0.6) is 0 Å². The molecule has 0 fully saturated rings. The molecule has 16 heavy (non-hydrogen) atoms. The number of hydrogen-bond acceptors (Lipinski definition) is 5. The van der Waals surface area contributed by atoms with Crippen molar-refractivity contribution < 1.29 is 9.53 Å². The van der Waals surface area contributed by atoms with Gasteiger partial charge < -0.3 is 10.5 Å². The molecule has 0 spiro atoms. The molecule has 2 aromatic rings. The summed E-state index contributed by atoms with van der Waals surface area (Å²) in [6.07, 6.45) is 1.62. The maximum atomic E-state index is 11.3. The molecular weight excluding hydrogens is 224 g/mol. The number of nitrogens with zero attached hydrogens (tertiary/aromatic N) is 1. The van der Waals surface area contributed by atoms with Crippen LogP contribution < -0.4 is 5.73 Å². The number of nitrogens with two attached hydrogens (primary N) is 1. The van der Waals surface area contributed by atoms with Crippen LogP contribution in [0.15, 0.2) is 29.8 Å². The summed E-state index contributed by atoms with van der Waals surface area (Å²) in [5.74, 6) is -0.518. The van der Waals surface area contributed by atoms with E-state index in [9.17, 15) is 4.79 Å². The number of esters is 1. The first-order valence-electron chi connectivity index (χ1n) is 4.60. The molecule has 0 saturated carbocycles. The van der Waals surface area contributed by atoms with Crippen LogP contribution in [0.25, 0.3) is 10.4 Å². The Morgan fingerprint density at radius 1 is 1.56 bits per heavy atom. The molecule has 2 aromatic heterocycles. The molecule has 4 nitrogen and oxygen atoms in total. The minimum Gasteiger partial charge on any atom is -0.464 e. The number of carbonyl (C=O) groups excluding carboxylic acids is 1. The fraction of sp³-hybridized carbons (Fsp3) is 0.0909. The van der Waals surface area contributed by atoms with E-state index in [0.717, 1.165) is 10.4 Å². The van der Waals surface area contributed by atoms with Crippen molar-refractivity contribution in [3.05, 3.63) is 35.5 Å². The molecule has 0 unspecified atom stereocenters. The highest BCUT2D eigenvalue weighted by Gasteiger charge is 2.12. The molecule has 2 rings (SSSR count). The number of rotatable bonds is 2. The molecule has 0 saturated heterocycles. The smallest absolute Gasteiger partial charge is 0.358 e. The summed E-state index contributed by atoms with van der Waals surface area (Å²) in [5.41, 5.74) is 7.13. The van der Waals surface area contributed by atoms with Crippen LogP contribution in [0.3, 0.4) is 0 Å². The first kappa shape index (κ1) is 10.6. The summed E-state index contributed by atoms with van der Waals surface area (Å²) in [4.78, 5) is 16.3. The lowest BCUT2D eigenvalue weighted by molar-refractivity contribution is 0.0595. The fourth-order valence-electron chi connectivity index (χ4n) is 1.33. The Bertz CT molecular complexity index is 509.